The van der Waals surface area contributed by atoms with E-state index in [1.165, 1.54) is 0 Å². The SMILES string of the molecule is CC(C)(C)NC(=O)CNC(=O)Cc1cnn(-c2ccccc2)c1. The highest BCUT2D eigenvalue weighted by molar-refractivity contribution is 5.85. The van der Waals surface area contributed by atoms with E-state index in [2.05, 4.69) is 15.7 Å². The van der Waals surface area contributed by atoms with Gasteiger partial charge in [0.25, 0.3) is 0 Å². The first-order valence-corrected chi connectivity index (χ1v) is 7.50. The molecule has 0 fully saturated rings. The van der Waals surface area contributed by atoms with E-state index in [9.17, 15) is 9.59 Å². The molecule has 1 aromatic heterocycles. The van der Waals surface area contributed by atoms with Gasteiger partial charge in [0.05, 0.1) is 24.8 Å². The molecule has 2 amide bonds. The number of hydrogen-bond acceptors (Lipinski definition) is 3. The van der Waals surface area contributed by atoms with Gasteiger partial charge in [-0.25, -0.2) is 4.68 Å². The van der Waals surface area contributed by atoms with Crippen LogP contribution in [0.25, 0.3) is 5.69 Å². The summed E-state index contributed by atoms with van der Waals surface area (Å²) < 4.78 is 1.72. The molecule has 1 aromatic carbocycles. The summed E-state index contributed by atoms with van der Waals surface area (Å²) in [5, 5.41) is 9.65. The zero-order chi connectivity index (χ0) is 16.9. The van der Waals surface area contributed by atoms with E-state index in [1.807, 2.05) is 57.3 Å². The van der Waals surface area contributed by atoms with Crippen molar-refractivity contribution in [2.75, 3.05) is 6.54 Å². The lowest BCUT2D eigenvalue weighted by atomic mass is 10.1. The number of rotatable bonds is 5. The van der Waals surface area contributed by atoms with Crippen LogP contribution in [0.2, 0.25) is 0 Å². The van der Waals surface area contributed by atoms with Crippen LogP contribution in [0.4, 0.5) is 0 Å². The molecule has 122 valence electrons. The average Bonchev–Trinajstić information content (AvgIpc) is 2.93. The minimum absolute atomic E-state index is 0.0249. The Labute approximate surface area is 135 Å². The summed E-state index contributed by atoms with van der Waals surface area (Å²) >= 11 is 0. The van der Waals surface area contributed by atoms with E-state index in [-0.39, 0.29) is 30.3 Å². The predicted octanol–water partition coefficient (Wildman–Crippen LogP) is 1.45. The zero-order valence-electron chi connectivity index (χ0n) is 13.7. The van der Waals surface area contributed by atoms with Crippen LogP contribution in [0.15, 0.2) is 42.7 Å². The highest BCUT2D eigenvalue weighted by Crippen LogP contribution is 2.08. The first kappa shape index (κ1) is 16.7. The van der Waals surface area contributed by atoms with E-state index in [4.69, 9.17) is 0 Å². The molecule has 2 N–H and O–H groups in total. The predicted molar refractivity (Wildman–Crippen MR) is 88.2 cm³/mol. The Balaban J connectivity index is 1.84. The van der Waals surface area contributed by atoms with E-state index >= 15 is 0 Å². The van der Waals surface area contributed by atoms with Crippen LogP contribution in [0.1, 0.15) is 26.3 Å². The normalized spacial score (nSPS) is 11.1. The third-order valence-corrected chi connectivity index (χ3v) is 2.98. The molecule has 0 saturated carbocycles. The molecule has 0 saturated heterocycles. The highest BCUT2D eigenvalue weighted by Gasteiger charge is 2.14. The average molecular weight is 314 g/mol. The van der Waals surface area contributed by atoms with Gasteiger partial charge < -0.3 is 10.6 Å². The van der Waals surface area contributed by atoms with Crippen molar-refractivity contribution in [1.82, 2.24) is 20.4 Å². The molecule has 0 atom stereocenters. The van der Waals surface area contributed by atoms with Crippen LogP contribution in [-0.4, -0.2) is 33.7 Å². The lowest BCUT2D eigenvalue weighted by molar-refractivity contribution is -0.126. The van der Waals surface area contributed by atoms with Crippen molar-refractivity contribution >= 4 is 11.8 Å². The van der Waals surface area contributed by atoms with Crippen LogP contribution in [-0.2, 0) is 16.0 Å². The van der Waals surface area contributed by atoms with Crippen molar-refractivity contribution in [2.45, 2.75) is 32.7 Å². The smallest absolute Gasteiger partial charge is 0.239 e. The van der Waals surface area contributed by atoms with Gasteiger partial charge in [-0.05, 0) is 38.5 Å². The fourth-order valence-corrected chi connectivity index (χ4v) is 2.06. The summed E-state index contributed by atoms with van der Waals surface area (Å²) in [5.41, 5.74) is 1.42. The Morgan fingerprint density at radius 2 is 1.83 bits per heavy atom. The van der Waals surface area contributed by atoms with Crippen molar-refractivity contribution in [2.24, 2.45) is 0 Å². The molecule has 0 unspecified atom stereocenters. The third kappa shape index (κ3) is 5.58. The maximum atomic E-state index is 11.9. The molecule has 0 radical (unpaired) electrons. The maximum Gasteiger partial charge on any atom is 0.239 e. The van der Waals surface area contributed by atoms with Crippen molar-refractivity contribution in [3.63, 3.8) is 0 Å². The van der Waals surface area contributed by atoms with Crippen molar-refractivity contribution in [3.8, 4) is 5.69 Å². The van der Waals surface area contributed by atoms with Gasteiger partial charge in [-0.2, -0.15) is 5.10 Å². The lowest BCUT2D eigenvalue weighted by Gasteiger charge is -2.20. The van der Waals surface area contributed by atoms with Crippen molar-refractivity contribution in [1.29, 1.82) is 0 Å². The summed E-state index contributed by atoms with van der Waals surface area (Å²) in [4.78, 5) is 23.6. The Morgan fingerprint density at radius 3 is 2.48 bits per heavy atom. The van der Waals surface area contributed by atoms with Gasteiger partial charge in [-0.3, -0.25) is 9.59 Å². The second kappa shape index (κ2) is 7.09. The second-order valence-corrected chi connectivity index (χ2v) is 6.38. The molecular weight excluding hydrogens is 292 g/mol. The topological polar surface area (TPSA) is 76.0 Å². The first-order chi connectivity index (χ1) is 10.8. The van der Waals surface area contributed by atoms with Crippen molar-refractivity contribution < 1.29 is 9.59 Å². The van der Waals surface area contributed by atoms with Gasteiger partial charge >= 0.3 is 0 Å². The largest absolute Gasteiger partial charge is 0.350 e. The van der Waals surface area contributed by atoms with Gasteiger partial charge in [0.15, 0.2) is 0 Å². The Bertz CT molecular complexity index is 671. The number of nitrogens with zero attached hydrogens (tertiary/aromatic N) is 2. The fraction of sp³-hybridized carbons (Fsp3) is 0.353. The molecule has 0 bridgehead atoms. The van der Waals surface area contributed by atoms with Crippen molar-refractivity contribution in [3.05, 3.63) is 48.3 Å². The molecule has 23 heavy (non-hydrogen) atoms. The second-order valence-electron chi connectivity index (χ2n) is 6.38. The monoisotopic (exact) mass is 314 g/mol. The summed E-state index contributed by atoms with van der Waals surface area (Å²) in [7, 11) is 0. The summed E-state index contributed by atoms with van der Waals surface area (Å²) in [5.74, 6) is -0.410. The number of amides is 2. The van der Waals surface area contributed by atoms with Crippen LogP contribution in [0.5, 0.6) is 0 Å². The number of carbonyl (C=O) groups is 2. The molecule has 2 aromatic rings. The third-order valence-electron chi connectivity index (χ3n) is 2.98. The molecule has 2 rings (SSSR count). The molecular formula is C17H22N4O2. The van der Waals surface area contributed by atoms with E-state index in [0.717, 1.165) is 11.3 Å². The van der Waals surface area contributed by atoms with Gasteiger partial charge in [0, 0.05) is 11.7 Å². The summed E-state index contributed by atoms with van der Waals surface area (Å²) in [6, 6.07) is 9.67. The lowest BCUT2D eigenvalue weighted by Crippen LogP contribution is -2.46. The number of nitrogens with one attached hydrogen (secondary N) is 2. The molecule has 0 aliphatic carbocycles. The molecule has 6 heteroatoms. The Morgan fingerprint density at radius 1 is 1.13 bits per heavy atom. The summed E-state index contributed by atoms with van der Waals surface area (Å²) in [6.07, 6.45) is 3.65. The minimum Gasteiger partial charge on any atom is -0.350 e. The maximum absolute atomic E-state index is 11.9. The molecule has 0 spiro atoms. The van der Waals surface area contributed by atoms with Gasteiger partial charge in [0.1, 0.15) is 0 Å². The molecule has 0 aliphatic heterocycles. The van der Waals surface area contributed by atoms with E-state index in [1.54, 1.807) is 10.9 Å². The molecule has 1 heterocycles. The number of para-hydroxylation sites is 1. The number of benzene rings is 1. The first-order valence-electron chi connectivity index (χ1n) is 7.50. The minimum atomic E-state index is -0.307. The Hall–Kier alpha value is -2.63. The van der Waals surface area contributed by atoms with Crippen LogP contribution in [0.3, 0.4) is 0 Å². The quantitative estimate of drug-likeness (QED) is 0.877. The van der Waals surface area contributed by atoms with Crippen LogP contribution < -0.4 is 10.6 Å². The highest BCUT2D eigenvalue weighted by atomic mass is 16.2. The Kier molecular flexibility index (Phi) is 5.16. The van der Waals surface area contributed by atoms with Gasteiger partial charge in [-0.15, -0.1) is 0 Å². The van der Waals surface area contributed by atoms with E-state index in [0.29, 0.717) is 0 Å². The molecule has 6 nitrogen and oxygen atoms in total. The van der Waals surface area contributed by atoms with Gasteiger partial charge in [-0.1, -0.05) is 18.2 Å². The van der Waals surface area contributed by atoms with Gasteiger partial charge in [0.2, 0.25) is 11.8 Å². The van der Waals surface area contributed by atoms with Crippen LogP contribution in [0, 0.1) is 0 Å². The zero-order valence-corrected chi connectivity index (χ0v) is 13.7. The summed E-state index contributed by atoms with van der Waals surface area (Å²) in [6.45, 7) is 5.66. The molecule has 0 aliphatic rings. The number of aromatic nitrogens is 2. The number of hydrogen-bond donors (Lipinski definition) is 2. The van der Waals surface area contributed by atoms with E-state index < -0.39 is 0 Å². The standard InChI is InChI=1S/C17H22N4O2/c1-17(2,3)20-16(23)11-18-15(22)9-13-10-19-21(12-13)14-7-5-4-6-8-14/h4-8,10,12H,9,11H2,1-3H3,(H,18,22)(H,20,23). The fourth-order valence-electron chi connectivity index (χ4n) is 2.06. The number of carbonyl (C=O) groups excluding carboxylic acids is 2. The van der Waals surface area contributed by atoms with Crippen LogP contribution >= 0.6 is 0 Å².